The maximum atomic E-state index is 13.2. The van der Waals surface area contributed by atoms with Crippen LogP contribution in [0.4, 0.5) is 8.78 Å². The molecule has 0 bridgehead atoms. The molecule has 0 amide bonds. The average molecular weight is 205 g/mol. The molecular formula is C11H21F2N. The molecule has 0 aromatic rings. The van der Waals surface area contributed by atoms with Crippen LogP contribution in [0.2, 0.25) is 0 Å². The second kappa shape index (κ2) is 4.13. The second-order valence-electron chi connectivity index (χ2n) is 4.94. The summed E-state index contributed by atoms with van der Waals surface area (Å²) in [5.74, 6) is 0. The van der Waals surface area contributed by atoms with Crippen LogP contribution in [-0.2, 0) is 0 Å². The van der Waals surface area contributed by atoms with Crippen molar-refractivity contribution in [2.75, 3.05) is 6.54 Å². The Morgan fingerprint density at radius 1 is 1.29 bits per heavy atom. The van der Waals surface area contributed by atoms with E-state index >= 15 is 0 Å². The van der Waals surface area contributed by atoms with Gasteiger partial charge in [-0.25, -0.2) is 8.78 Å². The topological polar surface area (TPSA) is 12.0 Å². The fraction of sp³-hybridized carbons (Fsp3) is 1.00. The molecule has 1 N–H and O–H groups in total. The van der Waals surface area contributed by atoms with E-state index in [0.717, 1.165) is 19.3 Å². The second-order valence-corrected chi connectivity index (χ2v) is 4.94. The molecular weight excluding hydrogens is 184 g/mol. The van der Waals surface area contributed by atoms with Crippen molar-refractivity contribution in [3.63, 3.8) is 0 Å². The number of nitrogens with one attached hydrogen (secondary N) is 1. The van der Waals surface area contributed by atoms with Gasteiger partial charge in [-0.1, -0.05) is 27.2 Å². The van der Waals surface area contributed by atoms with Crippen LogP contribution in [0.5, 0.6) is 0 Å². The van der Waals surface area contributed by atoms with E-state index in [1.807, 2.05) is 20.8 Å². The Balaban J connectivity index is 2.81. The molecule has 0 spiro atoms. The van der Waals surface area contributed by atoms with E-state index in [4.69, 9.17) is 0 Å². The summed E-state index contributed by atoms with van der Waals surface area (Å²) < 4.78 is 26.3. The standard InChI is InChI=1S/C11H21F2N/c1-4-8-14-11(9(12)13)7-5-6-10(11,2)3/h9,14H,4-8H2,1-3H3. The Hall–Kier alpha value is -0.180. The highest BCUT2D eigenvalue weighted by Gasteiger charge is 2.54. The number of alkyl halides is 2. The fourth-order valence-corrected chi connectivity index (χ4v) is 2.53. The van der Waals surface area contributed by atoms with Crippen LogP contribution in [0.25, 0.3) is 0 Å². The third kappa shape index (κ3) is 1.79. The first-order valence-electron chi connectivity index (χ1n) is 5.49. The quantitative estimate of drug-likeness (QED) is 0.743. The van der Waals surface area contributed by atoms with Crippen LogP contribution in [-0.4, -0.2) is 18.5 Å². The van der Waals surface area contributed by atoms with Crippen molar-refractivity contribution in [1.82, 2.24) is 5.32 Å². The molecule has 1 saturated carbocycles. The van der Waals surface area contributed by atoms with Crippen LogP contribution in [0.1, 0.15) is 46.5 Å². The monoisotopic (exact) mass is 205 g/mol. The lowest BCUT2D eigenvalue weighted by atomic mass is 9.75. The van der Waals surface area contributed by atoms with Gasteiger partial charge in [0.15, 0.2) is 0 Å². The van der Waals surface area contributed by atoms with Gasteiger partial charge in [0.1, 0.15) is 0 Å². The number of halogens is 2. The number of hydrogen-bond acceptors (Lipinski definition) is 1. The highest BCUT2D eigenvalue weighted by Crippen LogP contribution is 2.49. The normalized spacial score (nSPS) is 31.3. The van der Waals surface area contributed by atoms with E-state index in [1.54, 1.807) is 0 Å². The molecule has 0 radical (unpaired) electrons. The van der Waals surface area contributed by atoms with E-state index in [0.29, 0.717) is 13.0 Å². The van der Waals surface area contributed by atoms with Crippen molar-refractivity contribution in [3.05, 3.63) is 0 Å². The smallest absolute Gasteiger partial charge is 0.257 e. The Morgan fingerprint density at radius 3 is 2.29 bits per heavy atom. The van der Waals surface area contributed by atoms with Gasteiger partial charge in [0.2, 0.25) is 0 Å². The van der Waals surface area contributed by atoms with Crippen molar-refractivity contribution >= 4 is 0 Å². The Bertz CT molecular complexity index is 192. The Kier molecular flexibility index (Phi) is 3.51. The molecule has 1 unspecified atom stereocenters. The van der Waals surface area contributed by atoms with Crippen molar-refractivity contribution in [1.29, 1.82) is 0 Å². The molecule has 1 rings (SSSR count). The first-order chi connectivity index (χ1) is 6.46. The Morgan fingerprint density at radius 2 is 1.93 bits per heavy atom. The van der Waals surface area contributed by atoms with Gasteiger partial charge in [0, 0.05) is 0 Å². The largest absolute Gasteiger partial charge is 0.306 e. The molecule has 1 atom stereocenters. The van der Waals surface area contributed by atoms with Gasteiger partial charge in [-0.3, -0.25) is 0 Å². The zero-order valence-electron chi connectivity index (χ0n) is 9.37. The molecule has 14 heavy (non-hydrogen) atoms. The number of rotatable bonds is 4. The van der Waals surface area contributed by atoms with E-state index in [2.05, 4.69) is 5.32 Å². The molecule has 0 heterocycles. The summed E-state index contributed by atoms with van der Waals surface area (Å²) >= 11 is 0. The number of hydrogen-bond donors (Lipinski definition) is 1. The molecule has 0 aromatic heterocycles. The molecule has 1 nitrogen and oxygen atoms in total. The average Bonchev–Trinajstić information content (AvgIpc) is 2.38. The molecule has 3 heteroatoms. The molecule has 0 saturated heterocycles. The third-order valence-electron chi connectivity index (χ3n) is 3.64. The van der Waals surface area contributed by atoms with Crippen LogP contribution < -0.4 is 5.32 Å². The molecule has 1 aliphatic rings. The lowest BCUT2D eigenvalue weighted by Crippen LogP contribution is -2.58. The maximum absolute atomic E-state index is 13.2. The van der Waals surface area contributed by atoms with Crippen LogP contribution in [0.15, 0.2) is 0 Å². The predicted molar refractivity (Wildman–Crippen MR) is 54.7 cm³/mol. The minimum absolute atomic E-state index is 0.281. The minimum Gasteiger partial charge on any atom is -0.306 e. The molecule has 1 fully saturated rings. The lowest BCUT2D eigenvalue weighted by Gasteiger charge is -2.41. The minimum atomic E-state index is -2.26. The summed E-state index contributed by atoms with van der Waals surface area (Å²) in [4.78, 5) is 0. The third-order valence-corrected chi connectivity index (χ3v) is 3.64. The van der Waals surface area contributed by atoms with E-state index in [9.17, 15) is 8.78 Å². The van der Waals surface area contributed by atoms with Crippen LogP contribution in [0.3, 0.4) is 0 Å². The highest BCUT2D eigenvalue weighted by atomic mass is 19.3. The van der Waals surface area contributed by atoms with Crippen molar-refractivity contribution in [3.8, 4) is 0 Å². The highest BCUT2D eigenvalue weighted by molar-refractivity contribution is 5.06. The summed E-state index contributed by atoms with van der Waals surface area (Å²) in [7, 11) is 0. The molecule has 1 aliphatic carbocycles. The van der Waals surface area contributed by atoms with E-state index < -0.39 is 12.0 Å². The van der Waals surface area contributed by atoms with Crippen LogP contribution >= 0.6 is 0 Å². The van der Waals surface area contributed by atoms with Gasteiger partial charge in [-0.05, 0) is 31.2 Å². The lowest BCUT2D eigenvalue weighted by molar-refractivity contribution is -0.0249. The van der Waals surface area contributed by atoms with E-state index in [-0.39, 0.29) is 5.41 Å². The maximum Gasteiger partial charge on any atom is 0.257 e. The van der Waals surface area contributed by atoms with Gasteiger partial charge in [0.05, 0.1) is 5.54 Å². The molecule has 0 aromatic carbocycles. The molecule has 0 aliphatic heterocycles. The summed E-state index contributed by atoms with van der Waals surface area (Å²) in [6.45, 7) is 6.60. The zero-order chi connectivity index (χ0) is 10.8. The van der Waals surface area contributed by atoms with Crippen molar-refractivity contribution < 1.29 is 8.78 Å². The van der Waals surface area contributed by atoms with Crippen molar-refractivity contribution in [2.45, 2.75) is 58.4 Å². The SMILES string of the molecule is CCCNC1(C(F)F)CCCC1(C)C. The molecule has 84 valence electrons. The Labute approximate surface area is 85.3 Å². The van der Waals surface area contributed by atoms with Crippen LogP contribution in [0, 0.1) is 5.41 Å². The predicted octanol–water partition coefficient (Wildman–Crippen LogP) is 3.20. The zero-order valence-corrected chi connectivity index (χ0v) is 9.37. The van der Waals surface area contributed by atoms with Gasteiger partial charge >= 0.3 is 0 Å². The van der Waals surface area contributed by atoms with Gasteiger partial charge in [0.25, 0.3) is 6.43 Å². The van der Waals surface area contributed by atoms with E-state index in [1.165, 1.54) is 0 Å². The van der Waals surface area contributed by atoms with Crippen molar-refractivity contribution in [2.24, 2.45) is 5.41 Å². The summed E-state index contributed by atoms with van der Waals surface area (Å²) in [5.41, 5.74) is -1.22. The van der Waals surface area contributed by atoms with Gasteiger partial charge in [-0.2, -0.15) is 0 Å². The van der Waals surface area contributed by atoms with Gasteiger partial charge in [-0.15, -0.1) is 0 Å². The summed E-state index contributed by atoms with van der Waals surface area (Å²) in [6, 6.07) is 0. The summed E-state index contributed by atoms with van der Waals surface area (Å²) in [6.07, 6.45) is 1.07. The summed E-state index contributed by atoms with van der Waals surface area (Å²) in [5, 5.41) is 3.08. The van der Waals surface area contributed by atoms with Gasteiger partial charge < -0.3 is 5.32 Å². The first kappa shape index (κ1) is 11.9. The first-order valence-corrected chi connectivity index (χ1v) is 5.49. The fourth-order valence-electron chi connectivity index (χ4n) is 2.53.